The molecular formula is C11H15N3. The first-order valence-corrected chi connectivity index (χ1v) is 4.67. The number of rotatable bonds is 2. The summed E-state index contributed by atoms with van der Waals surface area (Å²) in [5.41, 5.74) is 8.93. The molecule has 3 N–H and O–H groups in total. The minimum atomic E-state index is 0.802. The van der Waals surface area contributed by atoms with E-state index < -0.39 is 0 Å². The molecule has 74 valence electrons. The van der Waals surface area contributed by atoms with Crippen LogP contribution >= 0.6 is 0 Å². The molecule has 0 aliphatic rings. The lowest BCUT2D eigenvalue weighted by molar-refractivity contribution is 0.404. The summed E-state index contributed by atoms with van der Waals surface area (Å²) in [4.78, 5) is 5.38. The van der Waals surface area contributed by atoms with Gasteiger partial charge in [-0.3, -0.25) is 0 Å². The third-order valence-electron chi connectivity index (χ3n) is 2.28. The minimum absolute atomic E-state index is 0.802. The van der Waals surface area contributed by atoms with Crippen molar-refractivity contribution < 1.29 is 0 Å². The summed E-state index contributed by atoms with van der Waals surface area (Å²) in [6.45, 7) is 0.948. The average molecular weight is 189 g/mol. The van der Waals surface area contributed by atoms with E-state index in [1.165, 1.54) is 10.9 Å². The Morgan fingerprint density at radius 3 is 2.86 bits per heavy atom. The normalized spacial score (nSPS) is 11.4. The van der Waals surface area contributed by atoms with Gasteiger partial charge in [0.25, 0.3) is 0 Å². The molecule has 0 aliphatic heterocycles. The average Bonchev–Trinajstić information content (AvgIpc) is 2.47. The Labute approximate surface area is 83.5 Å². The lowest BCUT2D eigenvalue weighted by Crippen LogP contribution is -2.09. The van der Waals surface area contributed by atoms with Crippen molar-refractivity contribution in [1.82, 2.24) is 9.88 Å². The third kappa shape index (κ3) is 1.59. The van der Waals surface area contributed by atoms with E-state index in [0.29, 0.717) is 0 Å². The zero-order chi connectivity index (χ0) is 10.1. The van der Waals surface area contributed by atoms with E-state index in [1.54, 1.807) is 0 Å². The zero-order valence-corrected chi connectivity index (χ0v) is 8.54. The smallest absolute Gasteiger partial charge is 0.0477 e. The van der Waals surface area contributed by atoms with Crippen molar-refractivity contribution in [2.75, 3.05) is 19.8 Å². The van der Waals surface area contributed by atoms with Gasteiger partial charge in [-0.25, -0.2) is 0 Å². The standard InChI is InChI=1S/C11H15N3/c1-14(2)7-8-6-13-11-5-9(12)3-4-10(8)11/h3-6,13H,7,12H2,1-2H3. The SMILES string of the molecule is CN(C)Cc1c[nH]c2cc(N)ccc12. The fraction of sp³-hybridized carbons (Fsp3) is 0.273. The Bertz CT molecular complexity index is 443. The molecule has 0 saturated carbocycles. The lowest BCUT2D eigenvalue weighted by atomic mass is 10.1. The van der Waals surface area contributed by atoms with E-state index in [1.807, 2.05) is 18.3 Å². The second-order valence-corrected chi connectivity index (χ2v) is 3.86. The molecule has 0 amide bonds. The highest BCUT2D eigenvalue weighted by atomic mass is 15.0. The highest BCUT2D eigenvalue weighted by Crippen LogP contribution is 2.21. The number of nitrogens with one attached hydrogen (secondary N) is 1. The number of aromatic amines is 1. The van der Waals surface area contributed by atoms with E-state index in [0.717, 1.165) is 17.7 Å². The maximum atomic E-state index is 5.70. The van der Waals surface area contributed by atoms with Crippen LogP contribution in [0.1, 0.15) is 5.56 Å². The van der Waals surface area contributed by atoms with Crippen molar-refractivity contribution in [2.45, 2.75) is 6.54 Å². The molecule has 0 atom stereocenters. The molecule has 2 aromatic rings. The minimum Gasteiger partial charge on any atom is -0.399 e. The third-order valence-corrected chi connectivity index (χ3v) is 2.28. The number of anilines is 1. The molecule has 1 aromatic carbocycles. The Morgan fingerprint density at radius 2 is 2.14 bits per heavy atom. The van der Waals surface area contributed by atoms with E-state index in [9.17, 15) is 0 Å². The van der Waals surface area contributed by atoms with Crippen LogP contribution < -0.4 is 5.73 Å². The number of hydrogen-bond acceptors (Lipinski definition) is 2. The van der Waals surface area contributed by atoms with Crippen molar-refractivity contribution in [1.29, 1.82) is 0 Å². The molecule has 0 radical (unpaired) electrons. The summed E-state index contributed by atoms with van der Waals surface area (Å²) in [7, 11) is 4.13. The molecular weight excluding hydrogens is 174 g/mol. The quantitative estimate of drug-likeness (QED) is 0.708. The van der Waals surface area contributed by atoms with Crippen LogP contribution in [0.15, 0.2) is 24.4 Å². The Morgan fingerprint density at radius 1 is 1.36 bits per heavy atom. The maximum Gasteiger partial charge on any atom is 0.0477 e. The van der Waals surface area contributed by atoms with Gasteiger partial charge in [0.05, 0.1) is 0 Å². The fourth-order valence-corrected chi connectivity index (χ4v) is 1.68. The number of nitrogens with zero attached hydrogens (tertiary/aromatic N) is 1. The number of aromatic nitrogens is 1. The summed E-state index contributed by atoms with van der Waals surface area (Å²) in [5, 5.41) is 1.26. The molecule has 14 heavy (non-hydrogen) atoms. The van der Waals surface area contributed by atoms with E-state index in [4.69, 9.17) is 5.73 Å². The first-order valence-electron chi connectivity index (χ1n) is 4.67. The zero-order valence-electron chi connectivity index (χ0n) is 8.54. The van der Waals surface area contributed by atoms with Gasteiger partial charge in [-0.2, -0.15) is 0 Å². The van der Waals surface area contributed by atoms with Crippen LogP contribution in [0.3, 0.4) is 0 Å². The van der Waals surface area contributed by atoms with Crippen LogP contribution in [-0.4, -0.2) is 24.0 Å². The number of nitrogen functional groups attached to an aromatic ring is 1. The van der Waals surface area contributed by atoms with Gasteiger partial charge in [0.2, 0.25) is 0 Å². The van der Waals surface area contributed by atoms with Crippen molar-refractivity contribution >= 4 is 16.6 Å². The molecule has 1 aromatic heterocycles. The number of H-pyrrole nitrogens is 1. The van der Waals surface area contributed by atoms with Gasteiger partial charge >= 0.3 is 0 Å². The van der Waals surface area contributed by atoms with E-state index >= 15 is 0 Å². The molecule has 0 fully saturated rings. The molecule has 0 bridgehead atoms. The van der Waals surface area contributed by atoms with Gasteiger partial charge in [0, 0.05) is 29.3 Å². The Kier molecular flexibility index (Phi) is 2.17. The summed E-state index contributed by atoms with van der Waals surface area (Å²) >= 11 is 0. The van der Waals surface area contributed by atoms with Gasteiger partial charge in [-0.05, 0) is 31.8 Å². The van der Waals surface area contributed by atoms with Crippen LogP contribution in [0.4, 0.5) is 5.69 Å². The number of hydrogen-bond donors (Lipinski definition) is 2. The first-order chi connectivity index (χ1) is 6.66. The van der Waals surface area contributed by atoms with Crippen molar-refractivity contribution in [3.05, 3.63) is 30.0 Å². The van der Waals surface area contributed by atoms with Gasteiger partial charge in [-0.15, -0.1) is 0 Å². The van der Waals surface area contributed by atoms with Crippen LogP contribution in [0.5, 0.6) is 0 Å². The van der Waals surface area contributed by atoms with Gasteiger partial charge in [-0.1, -0.05) is 6.07 Å². The summed E-state index contributed by atoms with van der Waals surface area (Å²) < 4.78 is 0. The van der Waals surface area contributed by atoms with E-state index in [2.05, 4.69) is 30.0 Å². The largest absolute Gasteiger partial charge is 0.399 e. The topological polar surface area (TPSA) is 45.0 Å². The first kappa shape index (κ1) is 9.09. The monoisotopic (exact) mass is 189 g/mol. The lowest BCUT2D eigenvalue weighted by Gasteiger charge is -2.07. The molecule has 0 unspecified atom stereocenters. The van der Waals surface area contributed by atoms with Crippen LogP contribution in [0.25, 0.3) is 10.9 Å². The number of fused-ring (bicyclic) bond motifs is 1. The maximum absolute atomic E-state index is 5.70. The molecule has 0 spiro atoms. The molecule has 3 nitrogen and oxygen atoms in total. The molecule has 0 aliphatic carbocycles. The molecule has 2 rings (SSSR count). The summed E-state index contributed by atoms with van der Waals surface area (Å²) in [6, 6.07) is 5.98. The van der Waals surface area contributed by atoms with Crippen molar-refractivity contribution in [3.8, 4) is 0 Å². The molecule has 0 saturated heterocycles. The Balaban J connectivity index is 2.47. The van der Waals surface area contributed by atoms with Crippen LogP contribution in [0, 0.1) is 0 Å². The fourth-order valence-electron chi connectivity index (χ4n) is 1.68. The second-order valence-electron chi connectivity index (χ2n) is 3.86. The van der Waals surface area contributed by atoms with Crippen molar-refractivity contribution in [2.24, 2.45) is 0 Å². The second kappa shape index (κ2) is 3.35. The van der Waals surface area contributed by atoms with Crippen LogP contribution in [-0.2, 0) is 6.54 Å². The summed E-state index contributed by atoms with van der Waals surface area (Å²) in [6.07, 6.45) is 2.05. The van der Waals surface area contributed by atoms with Gasteiger partial charge < -0.3 is 15.6 Å². The van der Waals surface area contributed by atoms with E-state index in [-0.39, 0.29) is 0 Å². The predicted octanol–water partition coefficient (Wildman–Crippen LogP) is 1.81. The predicted molar refractivity (Wildman–Crippen MR) is 60.1 cm³/mol. The van der Waals surface area contributed by atoms with Crippen molar-refractivity contribution in [3.63, 3.8) is 0 Å². The highest BCUT2D eigenvalue weighted by Gasteiger charge is 2.03. The van der Waals surface area contributed by atoms with Gasteiger partial charge in [0.15, 0.2) is 0 Å². The summed E-state index contributed by atoms with van der Waals surface area (Å²) in [5.74, 6) is 0. The highest BCUT2D eigenvalue weighted by molar-refractivity contribution is 5.85. The number of benzene rings is 1. The Hall–Kier alpha value is -1.48. The molecule has 3 heteroatoms. The van der Waals surface area contributed by atoms with Gasteiger partial charge in [0.1, 0.15) is 0 Å². The molecule has 1 heterocycles. The van der Waals surface area contributed by atoms with Crippen LogP contribution in [0.2, 0.25) is 0 Å². The number of nitrogens with two attached hydrogens (primary N) is 1.